The Hall–Kier alpha value is -2.12. The third-order valence-electron chi connectivity index (χ3n) is 3.52. The zero-order chi connectivity index (χ0) is 19.1. The quantitative estimate of drug-likeness (QED) is 0.451. The number of benzene rings is 2. The van der Waals surface area contributed by atoms with Gasteiger partial charge in [-0.05, 0) is 54.9 Å². The van der Waals surface area contributed by atoms with Gasteiger partial charge in [-0.15, -0.1) is 0 Å². The number of rotatable bonds is 6. The van der Waals surface area contributed by atoms with E-state index in [0.717, 1.165) is 10.9 Å². The predicted molar refractivity (Wildman–Crippen MR) is 111 cm³/mol. The van der Waals surface area contributed by atoms with Crippen molar-refractivity contribution in [3.05, 3.63) is 52.5 Å². The minimum Gasteiger partial charge on any atom is -0.506 e. The van der Waals surface area contributed by atoms with Crippen LogP contribution in [-0.2, 0) is 0 Å². The minimum absolute atomic E-state index is 0.0456. The fraction of sp³-hybridized carbons (Fsp3) is 0.263. The lowest BCUT2D eigenvalue weighted by Crippen LogP contribution is -2.34. The normalized spacial score (nSPS) is 10.5. The first kappa shape index (κ1) is 20.2. The second-order valence-electron chi connectivity index (χ2n) is 6.10. The van der Waals surface area contributed by atoms with Crippen molar-refractivity contribution in [3.8, 4) is 11.5 Å². The van der Waals surface area contributed by atoms with Crippen LogP contribution in [0.5, 0.6) is 11.5 Å². The summed E-state index contributed by atoms with van der Waals surface area (Å²) in [6.45, 7) is 4.75. The Labute approximate surface area is 166 Å². The highest BCUT2D eigenvalue weighted by Gasteiger charge is 2.15. The molecule has 0 bridgehead atoms. The number of hydrogen-bond acceptors (Lipinski definition) is 4. The lowest BCUT2D eigenvalue weighted by molar-refractivity contribution is 0.0973. The molecule has 0 radical (unpaired) electrons. The lowest BCUT2D eigenvalue weighted by Gasteiger charge is -2.14. The van der Waals surface area contributed by atoms with Crippen LogP contribution in [0.15, 0.2) is 46.9 Å². The Bertz CT molecular complexity index is 796. The van der Waals surface area contributed by atoms with Crippen LogP contribution >= 0.6 is 28.1 Å². The SMILES string of the molecule is CC(C)CCOc1ccc(Br)cc1C(=O)NC(=S)Nc1ccccc1O. The first-order valence-corrected chi connectivity index (χ1v) is 9.39. The number of phenols is 1. The predicted octanol–water partition coefficient (Wildman–Crippen LogP) is 4.71. The molecule has 5 nitrogen and oxygen atoms in total. The third-order valence-corrected chi connectivity index (χ3v) is 4.22. The van der Waals surface area contributed by atoms with Crippen molar-refractivity contribution in [2.45, 2.75) is 20.3 Å². The van der Waals surface area contributed by atoms with Gasteiger partial charge in [0, 0.05) is 4.47 Å². The van der Waals surface area contributed by atoms with Crippen LogP contribution in [0, 0.1) is 5.92 Å². The number of thiocarbonyl (C=S) groups is 1. The number of amides is 1. The molecule has 0 fully saturated rings. The van der Waals surface area contributed by atoms with Gasteiger partial charge < -0.3 is 15.2 Å². The molecule has 138 valence electrons. The number of anilines is 1. The Morgan fingerprint density at radius 3 is 2.69 bits per heavy atom. The Kier molecular flexibility index (Phi) is 7.41. The number of aromatic hydroxyl groups is 1. The van der Waals surface area contributed by atoms with Crippen molar-refractivity contribution in [1.82, 2.24) is 5.32 Å². The van der Waals surface area contributed by atoms with Gasteiger partial charge in [0.15, 0.2) is 5.11 Å². The number of para-hydroxylation sites is 2. The molecule has 26 heavy (non-hydrogen) atoms. The zero-order valence-electron chi connectivity index (χ0n) is 14.6. The number of nitrogens with one attached hydrogen (secondary N) is 2. The summed E-state index contributed by atoms with van der Waals surface area (Å²) in [5.74, 6) is 0.665. The number of hydrogen-bond donors (Lipinski definition) is 3. The second-order valence-corrected chi connectivity index (χ2v) is 7.42. The summed E-state index contributed by atoms with van der Waals surface area (Å²) in [7, 11) is 0. The molecule has 0 aliphatic rings. The molecule has 0 spiro atoms. The largest absolute Gasteiger partial charge is 0.506 e. The van der Waals surface area contributed by atoms with Gasteiger partial charge in [-0.3, -0.25) is 10.1 Å². The monoisotopic (exact) mass is 436 g/mol. The van der Waals surface area contributed by atoms with E-state index in [4.69, 9.17) is 17.0 Å². The van der Waals surface area contributed by atoms with Crippen LogP contribution in [0.4, 0.5) is 5.69 Å². The van der Waals surface area contributed by atoms with Crippen molar-refractivity contribution in [2.75, 3.05) is 11.9 Å². The molecule has 3 N–H and O–H groups in total. The van der Waals surface area contributed by atoms with Gasteiger partial charge in [0.25, 0.3) is 5.91 Å². The highest BCUT2D eigenvalue weighted by Crippen LogP contribution is 2.24. The molecule has 2 aromatic carbocycles. The number of halogens is 1. The van der Waals surface area contributed by atoms with Gasteiger partial charge in [0.05, 0.1) is 17.9 Å². The van der Waals surface area contributed by atoms with E-state index in [-0.39, 0.29) is 10.9 Å². The van der Waals surface area contributed by atoms with E-state index in [1.807, 2.05) is 6.07 Å². The highest BCUT2D eigenvalue weighted by molar-refractivity contribution is 9.10. The molecule has 0 aliphatic carbocycles. The summed E-state index contributed by atoms with van der Waals surface area (Å²) in [6.07, 6.45) is 0.893. The summed E-state index contributed by atoms with van der Waals surface area (Å²) < 4.78 is 6.52. The van der Waals surface area contributed by atoms with Crippen LogP contribution < -0.4 is 15.4 Å². The summed E-state index contributed by atoms with van der Waals surface area (Å²) >= 11 is 8.53. The van der Waals surface area contributed by atoms with Gasteiger partial charge in [0.1, 0.15) is 11.5 Å². The molecule has 0 aliphatic heterocycles. The molecule has 0 heterocycles. The number of phenolic OH excluding ortho intramolecular Hbond substituents is 1. The van der Waals surface area contributed by atoms with E-state index in [9.17, 15) is 9.90 Å². The van der Waals surface area contributed by atoms with Crippen LogP contribution in [-0.4, -0.2) is 22.7 Å². The molecular weight excluding hydrogens is 416 g/mol. The summed E-state index contributed by atoms with van der Waals surface area (Å²) in [5, 5.41) is 15.3. The number of ether oxygens (including phenoxy) is 1. The summed E-state index contributed by atoms with van der Waals surface area (Å²) in [6, 6.07) is 11.9. The zero-order valence-corrected chi connectivity index (χ0v) is 17.0. The molecule has 2 aromatic rings. The molecule has 2 rings (SSSR count). The third kappa shape index (κ3) is 6.00. The standard InChI is InChI=1S/C19H21BrN2O3S/c1-12(2)9-10-25-17-8-7-13(20)11-14(17)18(24)22-19(26)21-15-5-3-4-6-16(15)23/h3-8,11-12,23H,9-10H2,1-2H3,(H2,21,22,24,26). The molecule has 0 aromatic heterocycles. The maximum atomic E-state index is 12.6. The van der Waals surface area contributed by atoms with Gasteiger partial charge in [-0.2, -0.15) is 0 Å². The van der Waals surface area contributed by atoms with E-state index in [0.29, 0.717) is 29.5 Å². The topological polar surface area (TPSA) is 70.6 Å². The van der Waals surface area contributed by atoms with Crippen LogP contribution in [0.1, 0.15) is 30.6 Å². The maximum absolute atomic E-state index is 12.6. The first-order valence-electron chi connectivity index (χ1n) is 8.19. The van der Waals surface area contributed by atoms with E-state index >= 15 is 0 Å². The molecule has 0 unspecified atom stereocenters. The highest BCUT2D eigenvalue weighted by atomic mass is 79.9. The number of carbonyl (C=O) groups is 1. The van der Waals surface area contributed by atoms with E-state index in [1.165, 1.54) is 6.07 Å². The average Bonchev–Trinajstić information content (AvgIpc) is 2.57. The van der Waals surface area contributed by atoms with Crippen LogP contribution in [0.2, 0.25) is 0 Å². The fourth-order valence-corrected chi connectivity index (χ4v) is 2.68. The van der Waals surface area contributed by atoms with Crippen LogP contribution in [0.25, 0.3) is 0 Å². The number of carbonyl (C=O) groups excluding carboxylic acids is 1. The maximum Gasteiger partial charge on any atom is 0.261 e. The minimum atomic E-state index is -0.390. The molecular formula is C19H21BrN2O3S. The van der Waals surface area contributed by atoms with Crippen molar-refractivity contribution >= 4 is 44.9 Å². The molecule has 1 amide bonds. The van der Waals surface area contributed by atoms with Crippen molar-refractivity contribution < 1.29 is 14.6 Å². The lowest BCUT2D eigenvalue weighted by atomic mass is 10.1. The summed E-state index contributed by atoms with van der Waals surface area (Å²) in [5.41, 5.74) is 0.796. The van der Waals surface area contributed by atoms with E-state index in [1.54, 1.807) is 30.3 Å². The Morgan fingerprint density at radius 2 is 2.00 bits per heavy atom. The molecule has 7 heteroatoms. The first-order chi connectivity index (χ1) is 12.4. The van der Waals surface area contributed by atoms with Gasteiger partial charge in [-0.25, -0.2) is 0 Å². The molecule has 0 atom stereocenters. The summed E-state index contributed by atoms with van der Waals surface area (Å²) in [4.78, 5) is 12.6. The van der Waals surface area contributed by atoms with Crippen molar-refractivity contribution in [1.29, 1.82) is 0 Å². The Morgan fingerprint density at radius 1 is 1.27 bits per heavy atom. The van der Waals surface area contributed by atoms with E-state index in [2.05, 4.69) is 40.4 Å². The Balaban J connectivity index is 2.07. The second kappa shape index (κ2) is 9.54. The smallest absolute Gasteiger partial charge is 0.261 e. The average molecular weight is 437 g/mol. The van der Waals surface area contributed by atoms with Crippen molar-refractivity contribution in [2.24, 2.45) is 5.92 Å². The van der Waals surface area contributed by atoms with Crippen LogP contribution in [0.3, 0.4) is 0 Å². The fourth-order valence-electron chi connectivity index (χ4n) is 2.11. The van der Waals surface area contributed by atoms with Gasteiger partial charge in [-0.1, -0.05) is 41.9 Å². The van der Waals surface area contributed by atoms with Gasteiger partial charge >= 0.3 is 0 Å². The van der Waals surface area contributed by atoms with Gasteiger partial charge in [0.2, 0.25) is 0 Å². The van der Waals surface area contributed by atoms with E-state index < -0.39 is 5.91 Å². The van der Waals surface area contributed by atoms with Crippen molar-refractivity contribution in [3.63, 3.8) is 0 Å². The molecule has 0 saturated heterocycles. The molecule has 0 saturated carbocycles.